The number of nitrogens with two attached hydrogens (primary N) is 1. The van der Waals surface area contributed by atoms with Gasteiger partial charge in [0.1, 0.15) is 0 Å². The lowest BCUT2D eigenvalue weighted by Crippen LogP contribution is -2.34. The lowest BCUT2D eigenvalue weighted by molar-refractivity contribution is 0.212. The van der Waals surface area contributed by atoms with E-state index < -0.39 is 0 Å². The normalized spacial score (nSPS) is 20.6. The fourth-order valence-corrected chi connectivity index (χ4v) is 3.57. The van der Waals surface area contributed by atoms with Crippen LogP contribution in [0.25, 0.3) is 0 Å². The Morgan fingerprint density at radius 2 is 1.94 bits per heavy atom. The van der Waals surface area contributed by atoms with Gasteiger partial charge in [-0.05, 0) is 38.1 Å². The van der Waals surface area contributed by atoms with E-state index >= 15 is 0 Å². The third kappa shape index (κ3) is 2.98. The Hall–Kier alpha value is -0.0900. The summed E-state index contributed by atoms with van der Waals surface area (Å²) >= 11 is 7.66. The lowest BCUT2D eigenvalue weighted by atomic mass is 10.2. The van der Waals surface area contributed by atoms with Crippen LogP contribution in [-0.4, -0.2) is 24.5 Å². The van der Waals surface area contributed by atoms with Crippen LogP contribution in [0.4, 0.5) is 0 Å². The third-order valence-corrected chi connectivity index (χ3v) is 4.56. The Morgan fingerprint density at radius 1 is 1.25 bits per heavy atom. The van der Waals surface area contributed by atoms with Gasteiger partial charge in [0, 0.05) is 11.4 Å². The second-order valence-electron chi connectivity index (χ2n) is 4.34. The largest absolute Gasteiger partial charge is 0.329 e. The first kappa shape index (κ1) is 12.4. The molecule has 1 aromatic rings. The van der Waals surface area contributed by atoms with Crippen LogP contribution in [0, 0.1) is 0 Å². The fourth-order valence-electron chi connectivity index (χ4n) is 2.36. The van der Waals surface area contributed by atoms with Gasteiger partial charge in [0.25, 0.3) is 0 Å². The summed E-state index contributed by atoms with van der Waals surface area (Å²) in [7, 11) is 0. The van der Waals surface area contributed by atoms with Crippen molar-refractivity contribution in [2.45, 2.75) is 31.7 Å². The summed E-state index contributed by atoms with van der Waals surface area (Å²) in [5.74, 6) is 0. The van der Waals surface area contributed by atoms with Gasteiger partial charge in [-0.3, -0.25) is 4.90 Å². The van der Waals surface area contributed by atoms with Crippen LogP contribution < -0.4 is 5.73 Å². The molecule has 0 radical (unpaired) electrons. The molecule has 16 heavy (non-hydrogen) atoms. The van der Waals surface area contributed by atoms with E-state index in [2.05, 4.69) is 11.0 Å². The van der Waals surface area contributed by atoms with Crippen molar-refractivity contribution in [3.63, 3.8) is 0 Å². The average Bonchev–Trinajstić information content (AvgIpc) is 2.55. The maximum atomic E-state index is 5.99. The molecule has 2 heterocycles. The molecule has 90 valence electrons. The summed E-state index contributed by atoms with van der Waals surface area (Å²) in [5, 5.41) is 0. The van der Waals surface area contributed by atoms with E-state index in [1.165, 1.54) is 43.6 Å². The van der Waals surface area contributed by atoms with E-state index in [1.807, 2.05) is 6.07 Å². The summed E-state index contributed by atoms with van der Waals surface area (Å²) in [6.45, 7) is 3.05. The smallest absolute Gasteiger partial charge is 0.0931 e. The highest BCUT2D eigenvalue weighted by Gasteiger charge is 2.21. The van der Waals surface area contributed by atoms with Crippen molar-refractivity contribution < 1.29 is 0 Å². The molecule has 0 spiro atoms. The van der Waals surface area contributed by atoms with E-state index in [9.17, 15) is 0 Å². The minimum absolute atomic E-state index is 0.371. The molecule has 1 aromatic heterocycles. The van der Waals surface area contributed by atoms with Gasteiger partial charge in [-0.1, -0.05) is 24.4 Å². The van der Waals surface area contributed by atoms with Gasteiger partial charge in [0.2, 0.25) is 0 Å². The van der Waals surface area contributed by atoms with Crippen molar-refractivity contribution in [2.24, 2.45) is 5.73 Å². The molecular weight excluding hydrogens is 240 g/mol. The highest BCUT2D eigenvalue weighted by Crippen LogP contribution is 2.31. The predicted octanol–water partition coefficient (Wildman–Crippen LogP) is 3.28. The Morgan fingerprint density at radius 3 is 2.44 bits per heavy atom. The predicted molar refractivity (Wildman–Crippen MR) is 71.2 cm³/mol. The van der Waals surface area contributed by atoms with Gasteiger partial charge in [0.05, 0.1) is 10.4 Å². The number of hydrogen-bond acceptors (Lipinski definition) is 3. The molecule has 1 fully saturated rings. The van der Waals surface area contributed by atoms with Gasteiger partial charge in [-0.15, -0.1) is 11.3 Å². The minimum atomic E-state index is 0.371. The second kappa shape index (κ2) is 6.01. The van der Waals surface area contributed by atoms with Crippen molar-refractivity contribution in [2.75, 3.05) is 19.6 Å². The number of likely N-dealkylation sites (tertiary alicyclic amines) is 1. The Balaban J connectivity index is 2.08. The van der Waals surface area contributed by atoms with Crippen LogP contribution >= 0.6 is 22.9 Å². The number of rotatable bonds is 3. The lowest BCUT2D eigenvalue weighted by Gasteiger charge is -2.28. The number of nitrogens with zero attached hydrogens (tertiary/aromatic N) is 1. The number of halogens is 1. The molecule has 0 aromatic carbocycles. The highest BCUT2D eigenvalue weighted by molar-refractivity contribution is 7.16. The molecule has 1 aliphatic heterocycles. The van der Waals surface area contributed by atoms with Crippen molar-refractivity contribution in [1.29, 1.82) is 0 Å². The van der Waals surface area contributed by atoms with Crippen molar-refractivity contribution in [3.05, 3.63) is 21.3 Å². The summed E-state index contributed by atoms with van der Waals surface area (Å²) in [5.41, 5.74) is 5.92. The Bertz CT molecular complexity index is 319. The first-order valence-electron chi connectivity index (χ1n) is 6.00. The quantitative estimate of drug-likeness (QED) is 0.902. The van der Waals surface area contributed by atoms with Crippen LogP contribution in [0.15, 0.2) is 12.1 Å². The second-order valence-corrected chi connectivity index (χ2v) is 6.09. The van der Waals surface area contributed by atoms with Gasteiger partial charge in [-0.2, -0.15) is 0 Å². The molecule has 0 amide bonds. The molecule has 0 saturated carbocycles. The number of thiophene rings is 1. The topological polar surface area (TPSA) is 29.3 Å². The van der Waals surface area contributed by atoms with E-state index in [1.54, 1.807) is 11.3 Å². The Kier molecular flexibility index (Phi) is 4.65. The van der Waals surface area contributed by atoms with Crippen molar-refractivity contribution in [3.8, 4) is 0 Å². The van der Waals surface area contributed by atoms with E-state index in [0.717, 1.165) is 4.34 Å². The van der Waals surface area contributed by atoms with Crippen LogP contribution in [0.2, 0.25) is 4.34 Å². The average molecular weight is 259 g/mol. The van der Waals surface area contributed by atoms with Crippen LogP contribution in [0.3, 0.4) is 0 Å². The molecule has 1 aliphatic rings. The maximum absolute atomic E-state index is 5.99. The van der Waals surface area contributed by atoms with Gasteiger partial charge in [-0.25, -0.2) is 0 Å². The summed E-state index contributed by atoms with van der Waals surface area (Å²) in [6.07, 6.45) is 5.32. The first-order chi connectivity index (χ1) is 7.81. The highest BCUT2D eigenvalue weighted by atomic mass is 35.5. The SMILES string of the molecule is NCC(c1ccc(Cl)s1)N1CCCCCC1. The number of hydrogen-bond donors (Lipinski definition) is 1. The molecule has 2 rings (SSSR count). The molecule has 2 nitrogen and oxygen atoms in total. The zero-order valence-electron chi connectivity index (χ0n) is 9.49. The fraction of sp³-hybridized carbons (Fsp3) is 0.667. The summed E-state index contributed by atoms with van der Waals surface area (Å²) in [4.78, 5) is 3.84. The van der Waals surface area contributed by atoms with Crippen molar-refractivity contribution in [1.82, 2.24) is 4.90 Å². The molecule has 0 bridgehead atoms. The van der Waals surface area contributed by atoms with Crippen LogP contribution in [0.1, 0.15) is 36.6 Å². The molecule has 1 atom stereocenters. The van der Waals surface area contributed by atoms with E-state index in [-0.39, 0.29) is 0 Å². The summed E-state index contributed by atoms with van der Waals surface area (Å²) in [6, 6.07) is 4.47. The maximum Gasteiger partial charge on any atom is 0.0931 e. The van der Waals surface area contributed by atoms with Gasteiger partial charge in [0.15, 0.2) is 0 Å². The molecule has 1 saturated heterocycles. The van der Waals surface area contributed by atoms with Crippen molar-refractivity contribution >= 4 is 22.9 Å². The van der Waals surface area contributed by atoms with E-state index in [4.69, 9.17) is 17.3 Å². The first-order valence-corrected chi connectivity index (χ1v) is 7.20. The molecule has 0 aliphatic carbocycles. The third-order valence-electron chi connectivity index (χ3n) is 3.23. The molecular formula is C12H19ClN2S. The Labute approximate surface area is 106 Å². The minimum Gasteiger partial charge on any atom is -0.329 e. The van der Waals surface area contributed by atoms with E-state index in [0.29, 0.717) is 12.6 Å². The molecule has 2 N–H and O–H groups in total. The summed E-state index contributed by atoms with van der Waals surface area (Å²) < 4.78 is 0.864. The van der Waals surface area contributed by atoms with Crippen LogP contribution in [0.5, 0.6) is 0 Å². The van der Waals surface area contributed by atoms with Crippen LogP contribution in [-0.2, 0) is 0 Å². The van der Waals surface area contributed by atoms with Gasteiger partial charge < -0.3 is 5.73 Å². The standard InChI is InChI=1S/C12H19ClN2S/c13-12-6-5-11(16-12)10(9-14)15-7-3-1-2-4-8-15/h5-6,10H,1-4,7-9,14H2. The monoisotopic (exact) mass is 258 g/mol. The zero-order valence-corrected chi connectivity index (χ0v) is 11.1. The zero-order chi connectivity index (χ0) is 11.4. The molecule has 4 heteroatoms. The van der Waals surface area contributed by atoms with Gasteiger partial charge >= 0.3 is 0 Å². The molecule has 1 unspecified atom stereocenters.